The molecule has 70 valence electrons. The minimum atomic E-state index is -0.693. The van der Waals surface area contributed by atoms with E-state index in [0.717, 1.165) is 25.7 Å². The van der Waals surface area contributed by atoms with E-state index < -0.39 is 11.5 Å². The third-order valence-corrected chi connectivity index (χ3v) is 2.93. The van der Waals surface area contributed by atoms with E-state index in [2.05, 4.69) is 0 Å². The predicted octanol–water partition coefficient (Wildman–Crippen LogP) is 1.84. The van der Waals surface area contributed by atoms with Gasteiger partial charge in [-0.05, 0) is 25.0 Å². The second-order valence-electron chi connectivity index (χ2n) is 3.63. The molecule has 1 aliphatic carbocycles. The second-order valence-corrected chi connectivity index (χ2v) is 3.63. The minimum absolute atomic E-state index is 0.649. The summed E-state index contributed by atoms with van der Waals surface area (Å²) in [5, 5.41) is 9.21. The van der Waals surface area contributed by atoms with Crippen molar-refractivity contribution >= 4 is 5.97 Å². The van der Waals surface area contributed by atoms with Crippen LogP contribution in [0.15, 0.2) is 24.5 Å². The van der Waals surface area contributed by atoms with Gasteiger partial charge in [0.15, 0.2) is 0 Å². The summed E-state index contributed by atoms with van der Waals surface area (Å²) in [5.41, 5.74) is -0.649. The van der Waals surface area contributed by atoms with Crippen LogP contribution >= 0.6 is 0 Å². The second kappa shape index (κ2) is 2.91. The molecule has 1 aromatic heterocycles. The molecular formula is C10H13NO2. The van der Waals surface area contributed by atoms with Crippen molar-refractivity contribution in [1.82, 2.24) is 4.57 Å². The fourth-order valence-electron chi connectivity index (χ4n) is 2.16. The molecule has 1 saturated carbocycles. The lowest BCUT2D eigenvalue weighted by atomic mass is 9.98. The highest BCUT2D eigenvalue weighted by atomic mass is 16.4. The topological polar surface area (TPSA) is 42.2 Å². The van der Waals surface area contributed by atoms with Crippen molar-refractivity contribution in [3.8, 4) is 0 Å². The van der Waals surface area contributed by atoms with Crippen molar-refractivity contribution in [2.24, 2.45) is 0 Å². The van der Waals surface area contributed by atoms with Crippen LogP contribution in [0.2, 0.25) is 0 Å². The van der Waals surface area contributed by atoms with Crippen molar-refractivity contribution in [1.29, 1.82) is 0 Å². The molecule has 3 nitrogen and oxygen atoms in total. The van der Waals surface area contributed by atoms with Crippen molar-refractivity contribution in [3.05, 3.63) is 24.5 Å². The Bertz CT molecular complexity index is 297. The highest BCUT2D eigenvalue weighted by Gasteiger charge is 2.42. The van der Waals surface area contributed by atoms with Gasteiger partial charge in [0, 0.05) is 12.4 Å². The molecule has 0 atom stereocenters. The molecule has 3 heteroatoms. The molecule has 0 spiro atoms. The molecular weight excluding hydrogens is 166 g/mol. The molecule has 1 fully saturated rings. The Morgan fingerprint density at radius 2 is 1.77 bits per heavy atom. The van der Waals surface area contributed by atoms with Gasteiger partial charge in [-0.25, -0.2) is 4.79 Å². The monoisotopic (exact) mass is 179 g/mol. The number of rotatable bonds is 2. The fourth-order valence-corrected chi connectivity index (χ4v) is 2.16. The summed E-state index contributed by atoms with van der Waals surface area (Å²) in [6.07, 6.45) is 7.25. The largest absolute Gasteiger partial charge is 0.479 e. The molecule has 0 aliphatic heterocycles. The van der Waals surface area contributed by atoms with E-state index >= 15 is 0 Å². The molecule has 0 aromatic carbocycles. The number of carboxylic acid groups (broad SMARTS) is 1. The average Bonchev–Trinajstić information content (AvgIpc) is 2.75. The van der Waals surface area contributed by atoms with E-state index in [1.165, 1.54) is 0 Å². The maximum Gasteiger partial charge on any atom is 0.329 e. The number of aromatic nitrogens is 1. The Hall–Kier alpha value is -1.25. The van der Waals surface area contributed by atoms with Gasteiger partial charge < -0.3 is 9.67 Å². The first-order valence-electron chi connectivity index (χ1n) is 4.62. The van der Waals surface area contributed by atoms with E-state index in [0.29, 0.717) is 0 Å². The third-order valence-electron chi connectivity index (χ3n) is 2.93. The van der Waals surface area contributed by atoms with Gasteiger partial charge in [-0.15, -0.1) is 0 Å². The molecule has 2 rings (SSSR count). The van der Waals surface area contributed by atoms with Gasteiger partial charge in [0.2, 0.25) is 0 Å². The van der Waals surface area contributed by atoms with E-state index in [9.17, 15) is 9.90 Å². The Morgan fingerprint density at radius 1 is 1.23 bits per heavy atom. The van der Waals surface area contributed by atoms with Crippen LogP contribution in [0, 0.1) is 0 Å². The zero-order chi connectivity index (χ0) is 9.31. The van der Waals surface area contributed by atoms with Crippen molar-refractivity contribution in [2.45, 2.75) is 31.2 Å². The lowest BCUT2D eigenvalue weighted by Gasteiger charge is -2.25. The van der Waals surface area contributed by atoms with Crippen molar-refractivity contribution in [3.63, 3.8) is 0 Å². The quantitative estimate of drug-likeness (QED) is 0.752. The minimum Gasteiger partial charge on any atom is -0.479 e. The molecule has 1 aromatic rings. The lowest BCUT2D eigenvalue weighted by molar-refractivity contribution is -0.147. The summed E-state index contributed by atoms with van der Waals surface area (Å²) in [4.78, 5) is 11.2. The molecule has 1 N–H and O–H groups in total. The molecule has 1 aliphatic rings. The summed E-state index contributed by atoms with van der Waals surface area (Å²) >= 11 is 0. The van der Waals surface area contributed by atoms with E-state index in [1.807, 2.05) is 29.1 Å². The standard InChI is InChI=1S/C10H13NO2/c12-9(13)10(5-1-2-6-10)11-7-3-4-8-11/h3-4,7-8H,1-2,5-6H2,(H,12,13). The van der Waals surface area contributed by atoms with E-state index in [-0.39, 0.29) is 0 Å². The Labute approximate surface area is 77.0 Å². The molecule has 13 heavy (non-hydrogen) atoms. The van der Waals surface area contributed by atoms with Gasteiger partial charge in [-0.1, -0.05) is 12.8 Å². The zero-order valence-electron chi connectivity index (χ0n) is 7.44. The van der Waals surface area contributed by atoms with E-state index in [4.69, 9.17) is 0 Å². The van der Waals surface area contributed by atoms with Crippen LogP contribution in [0.4, 0.5) is 0 Å². The van der Waals surface area contributed by atoms with Crippen LogP contribution < -0.4 is 0 Å². The highest BCUT2D eigenvalue weighted by molar-refractivity contribution is 5.77. The zero-order valence-corrected chi connectivity index (χ0v) is 7.44. The maximum absolute atomic E-state index is 11.2. The van der Waals surface area contributed by atoms with Gasteiger partial charge in [-0.2, -0.15) is 0 Å². The average molecular weight is 179 g/mol. The number of hydrogen-bond donors (Lipinski definition) is 1. The first kappa shape index (κ1) is 8.35. The maximum atomic E-state index is 11.2. The number of nitrogens with zero attached hydrogens (tertiary/aromatic N) is 1. The number of carboxylic acids is 1. The summed E-state index contributed by atoms with van der Waals surface area (Å²) < 4.78 is 1.84. The van der Waals surface area contributed by atoms with Gasteiger partial charge in [0.1, 0.15) is 5.54 Å². The molecule has 0 bridgehead atoms. The Morgan fingerprint density at radius 3 is 2.23 bits per heavy atom. The van der Waals surface area contributed by atoms with E-state index in [1.54, 1.807) is 0 Å². The third kappa shape index (κ3) is 1.15. The normalized spacial score (nSPS) is 20.3. The predicted molar refractivity (Wildman–Crippen MR) is 48.5 cm³/mol. The Kier molecular flexibility index (Phi) is 1.87. The summed E-state index contributed by atoms with van der Waals surface area (Å²) in [5.74, 6) is -0.693. The van der Waals surface area contributed by atoms with Crippen LogP contribution in [0.1, 0.15) is 25.7 Å². The van der Waals surface area contributed by atoms with Crippen LogP contribution in [-0.4, -0.2) is 15.6 Å². The van der Waals surface area contributed by atoms with Crippen LogP contribution in [0.3, 0.4) is 0 Å². The summed E-state index contributed by atoms with van der Waals surface area (Å²) in [7, 11) is 0. The lowest BCUT2D eigenvalue weighted by Crippen LogP contribution is -2.38. The van der Waals surface area contributed by atoms with Gasteiger partial charge in [-0.3, -0.25) is 0 Å². The van der Waals surface area contributed by atoms with Crippen LogP contribution in [-0.2, 0) is 10.3 Å². The smallest absolute Gasteiger partial charge is 0.329 e. The first-order chi connectivity index (χ1) is 6.26. The Balaban J connectivity index is 2.39. The van der Waals surface area contributed by atoms with Gasteiger partial charge in [0.25, 0.3) is 0 Å². The highest BCUT2D eigenvalue weighted by Crippen LogP contribution is 2.36. The molecule has 0 saturated heterocycles. The molecule has 1 heterocycles. The molecule has 0 unspecified atom stereocenters. The van der Waals surface area contributed by atoms with Crippen LogP contribution in [0.5, 0.6) is 0 Å². The van der Waals surface area contributed by atoms with Gasteiger partial charge in [0.05, 0.1) is 0 Å². The first-order valence-corrected chi connectivity index (χ1v) is 4.62. The molecule has 0 amide bonds. The van der Waals surface area contributed by atoms with Gasteiger partial charge >= 0.3 is 5.97 Å². The van der Waals surface area contributed by atoms with Crippen molar-refractivity contribution < 1.29 is 9.90 Å². The molecule has 0 radical (unpaired) electrons. The number of carbonyl (C=O) groups is 1. The number of aliphatic carboxylic acids is 1. The number of hydrogen-bond acceptors (Lipinski definition) is 1. The summed E-state index contributed by atoms with van der Waals surface area (Å²) in [6.45, 7) is 0. The van der Waals surface area contributed by atoms with Crippen LogP contribution in [0.25, 0.3) is 0 Å². The SMILES string of the molecule is O=C(O)C1(n2cccc2)CCCC1. The fraction of sp³-hybridized carbons (Fsp3) is 0.500. The summed E-state index contributed by atoms with van der Waals surface area (Å²) in [6, 6.07) is 3.76. The van der Waals surface area contributed by atoms with Crippen molar-refractivity contribution in [2.75, 3.05) is 0 Å².